The molecule has 4 nitrogen and oxygen atoms in total. The highest BCUT2D eigenvalue weighted by atomic mass is 15.1. The Morgan fingerprint density at radius 2 is 2.11 bits per heavy atom. The van der Waals surface area contributed by atoms with Gasteiger partial charge in [0.2, 0.25) is 0 Å². The van der Waals surface area contributed by atoms with Crippen LogP contribution in [0.2, 0.25) is 0 Å². The number of nitrogens with zero attached hydrogens (tertiary/aromatic N) is 2. The molecule has 1 aliphatic carbocycles. The van der Waals surface area contributed by atoms with E-state index < -0.39 is 0 Å². The molecule has 98 valence electrons. The van der Waals surface area contributed by atoms with Gasteiger partial charge in [-0.05, 0) is 50.9 Å². The van der Waals surface area contributed by atoms with Gasteiger partial charge in [-0.1, -0.05) is 6.08 Å². The van der Waals surface area contributed by atoms with E-state index >= 15 is 0 Å². The number of rotatable bonds is 1. The van der Waals surface area contributed by atoms with Crippen LogP contribution >= 0.6 is 0 Å². The summed E-state index contributed by atoms with van der Waals surface area (Å²) in [7, 11) is 4.12. The fourth-order valence-corrected chi connectivity index (χ4v) is 2.29. The molecule has 0 fully saturated rings. The van der Waals surface area contributed by atoms with Crippen molar-refractivity contribution in [1.29, 1.82) is 0 Å². The van der Waals surface area contributed by atoms with Gasteiger partial charge >= 0.3 is 0 Å². The molecule has 3 rings (SSSR count). The standard InChI is InChI=1S/C15H18N4/c1-9-6-13-15(8-11(9)16)18-14-7-10(19(2)3)4-5-12(14)17-13/h4-8,10,18H,16H2,1-3H3. The number of hydrogen-bond donors (Lipinski definition) is 2. The highest BCUT2D eigenvalue weighted by Crippen LogP contribution is 2.35. The minimum atomic E-state index is 0.297. The van der Waals surface area contributed by atoms with E-state index in [1.54, 1.807) is 0 Å². The van der Waals surface area contributed by atoms with Crippen molar-refractivity contribution in [2.45, 2.75) is 13.0 Å². The number of aliphatic imine (C=N–C) groups is 1. The van der Waals surface area contributed by atoms with E-state index in [2.05, 4.69) is 47.5 Å². The molecule has 1 atom stereocenters. The minimum absolute atomic E-state index is 0.297. The van der Waals surface area contributed by atoms with E-state index in [4.69, 9.17) is 5.73 Å². The van der Waals surface area contributed by atoms with E-state index in [9.17, 15) is 0 Å². The molecule has 0 saturated carbocycles. The van der Waals surface area contributed by atoms with Crippen LogP contribution in [0.25, 0.3) is 0 Å². The number of nitrogens with two attached hydrogens (primary N) is 1. The summed E-state index contributed by atoms with van der Waals surface area (Å²) in [5.74, 6) is 0. The number of anilines is 2. The molecule has 0 bridgehead atoms. The Balaban J connectivity index is 2.04. The molecule has 4 heteroatoms. The van der Waals surface area contributed by atoms with Crippen LogP contribution in [0.5, 0.6) is 0 Å². The van der Waals surface area contributed by atoms with Gasteiger partial charge in [0.05, 0.1) is 22.8 Å². The third kappa shape index (κ3) is 2.04. The number of nitrogen functional groups attached to an aromatic ring is 1. The Hall–Kier alpha value is -2.07. The summed E-state index contributed by atoms with van der Waals surface area (Å²) in [6.45, 7) is 2.00. The third-order valence-electron chi connectivity index (χ3n) is 3.56. The van der Waals surface area contributed by atoms with E-state index in [-0.39, 0.29) is 0 Å². The van der Waals surface area contributed by atoms with Crippen LogP contribution < -0.4 is 11.1 Å². The van der Waals surface area contributed by atoms with Crippen molar-refractivity contribution in [2.24, 2.45) is 4.99 Å². The van der Waals surface area contributed by atoms with Crippen LogP contribution in [0.3, 0.4) is 0 Å². The molecule has 0 spiro atoms. The van der Waals surface area contributed by atoms with Crippen molar-refractivity contribution in [2.75, 3.05) is 25.1 Å². The number of hydrogen-bond acceptors (Lipinski definition) is 4. The largest absolute Gasteiger partial charge is 0.398 e. The lowest BCUT2D eigenvalue weighted by Crippen LogP contribution is -2.29. The van der Waals surface area contributed by atoms with Crippen molar-refractivity contribution in [1.82, 2.24) is 4.90 Å². The SMILES string of the molecule is Cc1cc2c(cc1N)NC1=CC(N(C)C)C=CC1=N2. The molecule has 1 aromatic rings. The Morgan fingerprint density at radius 1 is 1.32 bits per heavy atom. The monoisotopic (exact) mass is 254 g/mol. The molecule has 2 aliphatic rings. The summed E-state index contributed by atoms with van der Waals surface area (Å²) in [5, 5.41) is 3.42. The number of nitrogens with one attached hydrogen (secondary N) is 1. The van der Waals surface area contributed by atoms with Gasteiger partial charge < -0.3 is 11.1 Å². The van der Waals surface area contributed by atoms with E-state index in [0.717, 1.165) is 34.0 Å². The molecule has 0 aromatic heterocycles. The van der Waals surface area contributed by atoms with E-state index in [1.165, 1.54) is 0 Å². The van der Waals surface area contributed by atoms with E-state index in [1.807, 2.05) is 19.1 Å². The molecule has 1 unspecified atom stereocenters. The zero-order valence-corrected chi connectivity index (χ0v) is 11.4. The van der Waals surface area contributed by atoms with Crippen LogP contribution in [0, 0.1) is 6.92 Å². The molecule has 1 aliphatic heterocycles. The average molecular weight is 254 g/mol. The number of likely N-dealkylation sites (N-methyl/N-ethyl adjacent to an activating group) is 1. The Labute approximate surface area is 113 Å². The normalized spacial score (nSPS) is 20.3. The van der Waals surface area contributed by atoms with Gasteiger partial charge in [0.25, 0.3) is 0 Å². The zero-order valence-electron chi connectivity index (χ0n) is 11.4. The van der Waals surface area contributed by atoms with Crippen molar-refractivity contribution >= 4 is 22.8 Å². The fourth-order valence-electron chi connectivity index (χ4n) is 2.29. The first-order valence-corrected chi connectivity index (χ1v) is 6.37. The quantitative estimate of drug-likeness (QED) is 0.757. The number of aryl methyl sites for hydroxylation is 1. The first kappa shape index (κ1) is 12.0. The number of benzene rings is 1. The molecule has 1 aromatic carbocycles. The van der Waals surface area contributed by atoms with Crippen LogP contribution in [0.15, 0.2) is 41.1 Å². The lowest BCUT2D eigenvalue weighted by Gasteiger charge is -2.27. The van der Waals surface area contributed by atoms with Gasteiger partial charge in [0, 0.05) is 11.7 Å². The lowest BCUT2D eigenvalue weighted by atomic mass is 10.0. The second-order valence-corrected chi connectivity index (χ2v) is 5.24. The first-order valence-electron chi connectivity index (χ1n) is 6.37. The molecule has 0 saturated heterocycles. The minimum Gasteiger partial charge on any atom is -0.398 e. The summed E-state index contributed by atoms with van der Waals surface area (Å²) in [5.41, 5.74) is 11.8. The summed E-state index contributed by atoms with van der Waals surface area (Å²) in [6, 6.07) is 4.27. The van der Waals surface area contributed by atoms with Gasteiger partial charge in [-0.2, -0.15) is 0 Å². The van der Waals surface area contributed by atoms with Gasteiger partial charge in [-0.25, -0.2) is 4.99 Å². The van der Waals surface area contributed by atoms with Crippen LogP contribution in [0.4, 0.5) is 17.1 Å². The van der Waals surface area contributed by atoms with Crippen LogP contribution in [-0.4, -0.2) is 30.7 Å². The Kier molecular flexibility index (Phi) is 2.68. The van der Waals surface area contributed by atoms with Crippen LogP contribution in [0.1, 0.15) is 5.56 Å². The summed E-state index contributed by atoms with van der Waals surface area (Å²) in [4.78, 5) is 6.84. The second-order valence-electron chi connectivity index (χ2n) is 5.24. The summed E-state index contributed by atoms with van der Waals surface area (Å²) in [6.07, 6.45) is 6.40. The van der Waals surface area contributed by atoms with Crippen molar-refractivity contribution in [3.05, 3.63) is 41.6 Å². The molecular formula is C15H18N4. The van der Waals surface area contributed by atoms with Crippen molar-refractivity contribution in [3.8, 4) is 0 Å². The van der Waals surface area contributed by atoms with Crippen LogP contribution in [-0.2, 0) is 0 Å². The zero-order chi connectivity index (χ0) is 13.6. The third-order valence-corrected chi connectivity index (χ3v) is 3.56. The van der Waals surface area contributed by atoms with Gasteiger partial charge in [0.1, 0.15) is 0 Å². The maximum atomic E-state index is 5.96. The molecule has 3 N–H and O–H groups in total. The molecule has 0 amide bonds. The number of allylic oxidation sites excluding steroid dienone is 1. The molecular weight excluding hydrogens is 236 g/mol. The van der Waals surface area contributed by atoms with E-state index in [0.29, 0.717) is 6.04 Å². The van der Waals surface area contributed by atoms with Gasteiger partial charge in [0.15, 0.2) is 0 Å². The molecule has 0 radical (unpaired) electrons. The highest BCUT2D eigenvalue weighted by Gasteiger charge is 2.20. The summed E-state index contributed by atoms with van der Waals surface area (Å²) < 4.78 is 0. The second kappa shape index (κ2) is 4.24. The topological polar surface area (TPSA) is 53.6 Å². The predicted molar refractivity (Wildman–Crippen MR) is 81.0 cm³/mol. The maximum Gasteiger partial charge on any atom is 0.0876 e. The molecule has 1 heterocycles. The highest BCUT2D eigenvalue weighted by molar-refractivity contribution is 6.15. The summed E-state index contributed by atoms with van der Waals surface area (Å²) >= 11 is 0. The predicted octanol–water partition coefficient (Wildman–Crippen LogP) is 2.46. The maximum absolute atomic E-state index is 5.96. The van der Waals surface area contributed by atoms with Gasteiger partial charge in [-0.3, -0.25) is 4.90 Å². The molecule has 19 heavy (non-hydrogen) atoms. The first-order chi connectivity index (χ1) is 9.04. The average Bonchev–Trinajstić information content (AvgIpc) is 2.37. The number of fused-ring (bicyclic) bond motifs is 2. The van der Waals surface area contributed by atoms with Crippen molar-refractivity contribution < 1.29 is 0 Å². The fraction of sp³-hybridized carbons (Fsp3) is 0.267. The lowest BCUT2D eigenvalue weighted by molar-refractivity contribution is 0.390. The van der Waals surface area contributed by atoms with Gasteiger partial charge in [-0.15, -0.1) is 0 Å². The van der Waals surface area contributed by atoms with Crippen molar-refractivity contribution in [3.63, 3.8) is 0 Å². The Morgan fingerprint density at radius 3 is 2.84 bits per heavy atom. The Bertz CT molecular complexity index is 623. The smallest absolute Gasteiger partial charge is 0.0876 e.